The number of carbonyl (C=O) groups is 1. The molecule has 2 atom stereocenters. The lowest BCUT2D eigenvalue weighted by Gasteiger charge is -2.23. The van der Waals surface area contributed by atoms with Gasteiger partial charge in [-0.2, -0.15) is 0 Å². The summed E-state index contributed by atoms with van der Waals surface area (Å²) in [6.45, 7) is 0. The minimum Gasteiger partial charge on any atom is -0.543 e. The first kappa shape index (κ1) is 7.58. The van der Waals surface area contributed by atoms with Crippen LogP contribution in [-0.4, -0.2) is 17.8 Å². The second kappa shape index (κ2) is 2.77. The Morgan fingerprint density at radius 2 is 2.25 bits per heavy atom. The summed E-state index contributed by atoms with van der Waals surface area (Å²) in [5.41, 5.74) is 0.111. The monoisotopic (exact) mass is 168 g/mol. The molecule has 1 heterocycles. The van der Waals surface area contributed by atoms with E-state index < -0.39 is 5.97 Å². The van der Waals surface area contributed by atoms with Crippen LogP contribution < -0.4 is 5.11 Å². The van der Waals surface area contributed by atoms with Gasteiger partial charge in [-0.3, -0.25) is 0 Å². The minimum absolute atomic E-state index is 0.00616. The third kappa shape index (κ3) is 1.07. The smallest absolute Gasteiger partial charge is 0.136 e. The Labute approximate surface area is 70.2 Å². The lowest BCUT2D eigenvalue weighted by Crippen LogP contribution is -2.38. The Balaban J connectivity index is 2.13. The summed E-state index contributed by atoms with van der Waals surface area (Å²) in [6, 6.07) is 0. The lowest BCUT2D eigenvalue weighted by molar-refractivity contribution is -0.294. The molecule has 4 nitrogen and oxygen atoms in total. The summed E-state index contributed by atoms with van der Waals surface area (Å²) < 4.78 is 0. The van der Waals surface area contributed by atoms with Gasteiger partial charge in [0.1, 0.15) is 11.8 Å². The number of nitrogens with zero attached hydrogens (tertiary/aromatic N) is 1. The van der Waals surface area contributed by atoms with E-state index in [1.807, 2.05) is 0 Å². The third-order valence-corrected chi connectivity index (χ3v) is 2.55. The molecule has 1 aliphatic carbocycles. The molecule has 12 heavy (non-hydrogen) atoms. The Morgan fingerprint density at radius 3 is 3.00 bits per heavy atom. The molecular weight excluding hydrogens is 158 g/mol. The van der Waals surface area contributed by atoms with Crippen molar-refractivity contribution in [3.63, 3.8) is 0 Å². The summed E-state index contributed by atoms with van der Waals surface area (Å²) in [7, 11) is 0. The summed E-state index contributed by atoms with van der Waals surface area (Å²) in [5.74, 6) is -1.19. The van der Waals surface area contributed by atoms with Crippen LogP contribution in [-0.2, 0) is 9.63 Å². The predicted molar refractivity (Wildman–Crippen MR) is 39.3 cm³/mol. The number of oxime groups is 1. The van der Waals surface area contributed by atoms with Crippen LogP contribution in [0.15, 0.2) is 5.16 Å². The van der Waals surface area contributed by atoms with E-state index in [4.69, 9.17) is 4.84 Å². The van der Waals surface area contributed by atoms with E-state index in [0.29, 0.717) is 0 Å². The fraction of sp³-hybridized carbons (Fsp3) is 0.750. The van der Waals surface area contributed by atoms with Crippen LogP contribution in [0.25, 0.3) is 0 Å². The van der Waals surface area contributed by atoms with Crippen molar-refractivity contribution in [1.29, 1.82) is 0 Å². The van der Waals surface area contributed by atoms with Crippen LogP contribution in [0, 0.1) is 5.92 Å². The van der Waals surface area contributed by atoms with E-state index in [1.54, 1.807) is 0 Å². The van der Waals surface area contributed by atoms with Gasteiger partial charge < -0.3 is 14.7 Å². The second-order valence-corrected chi connectivity index (χ2v) is 3.30. The van der Waals surface area contributed by atoms with Crippen LogP contribution in [0.1, 0.15) is 25.7 Å². The van der Waals surface area contributed by atoms with Gasteiger partial charge in [0.05, 0.1) is 5.97 Å². The fourth-order valence-corrected chi connectivity index (χ4v) is 1.92. The van der Waals surface area contributed by atoms with Gasteiger partial charge in [0.2, 0.25) is 0 Å². The van der Waals surface area contributed by atoms with Crippen LogP contribution in [0.4, 0.5) is 0 Å². The molecule has 1 aliphatic heterocycles. The van der Waals surface area contributed by atoms with Gasteiger partial charge in [-0.1, -0.05) is 11.6 Å². The first-order valence-corrected chi connectivity index (χ1v) is 4.24. The molecule has 1 saturated carbocycles. The molecule has 0 unspecified atom stereocenters. The molecule has 4 heteroatoms. The predicted octanol–water partition coefficient (Wildman–Crippen LogP) is -0.319. The molecule has 0 bridgehead atoms. The highest BCUT2D eigenvalue weighted by atomic mass is 16.6. The molecular formula is C8H10NO3-. The van der Waals surface area contributed by atoms with Crippen LogP contribution in [0.2, 0.25) is 0 Å². The maximum atomic E-state index is 10.5. The van der Waals surface area contributed by atoms with Crippen molar-refractivity contribution in [3.8, 4) is 0 Å². The summed E-state index contributed by atoms with van der Waals surface area (Å²) in [6.07, 6.45) is 3.97. The Kier molecular flexibility index (Phi) is 1.75. The molecule has 0 saturated heterocycles. The van der Waals surface area contributed by atoms with E-state index in [1.165, 1.54) is 0 Å². The topological polar surface area (TPSA) is 61.7 Å². The number of rotatable bonds is 1. The minimum atomic E-state index is -1.18. The number of hydrogen-bond acceptors (Lipinski definition) is 4. The Morgan fingerprint density at radius 1 is 1.50 bits per heavy atom. The van der Waals surface area contributed by atoms with Crippen LogP contribution in [0.3, 0.4) is 0 Å². The molecule has 0 N–H and O–H groups in total. The molecule has 0 spiro atoms. The number of carboxylic acid groups (broad SMARTS) is 1. The van der Waals surface area contributed by atoms with Crippen molar-refractivity contribution >= 4 is 11.7 Å². The van der Waals surface area contributed by atoms with Gasteiger partial charge in [-0.15, -0.1) is 0 Å². The van der Waals surface area contributed by atoms with Gasteiger partial charge >= 0.3 is 0 Å². The fourth-order valence-electron chi connectivity index (χ4n) is 1.92. The van der Waals surface area contributed by atoms with Gasteiger partial charge in [0, 0.05) is 5.92 Å². The van der Waals surface area contributed by atoms with Crippen molar-refractivity contribution in [2.45, 2.75) is 31.8 Å². The maximum absolute atomic E-state index is 10.5. The molecule has 1 fully saturated rings. The summed E-state index contributed by atoms with van der Waals surface area (Å²) in [5, 5.41) is 14.1. The standard InChI is InChI=1S/C8H11NO3/c10-8(11)7-5-3-1-2-4-6(5)12-9-7/h5-6H,1-4H2,(H,10,11)/p-1/t5-,6-/m1/s1. The van der Waals surface area contributed by atoms with Crippen LogP contribution >= 0.6 is 0 Å². The van der Waals surface area contributed by atoms with E-state index >= 15 is 0 Å². The van der Waals surface area contributed by atoms with E-state index in [2.05, 4.69) is 5.16 Å². The molecule has 2 rings (SSSR count). The highest BCUT2D eigenvalue weighted by molar-refractivity contribution is 6.35. The molecule has 0 radical (unpaired) electrons. The highest BCUT2D eigenvalue weighted by Gasteiger charge is 2.36. The van der Waals surface area contributed by atoms with Crippen molar-refractivity contribution in [2.75, 3.05) is 0 Å². The lowest BCUT2D eigenvalue weighted by atomic mass is 9.84. The number of fused-ring (bicyclic) bond motifs is 1. The average Bonchev–Trinajstić information content (AvgIpc) is 2.47. The second-order valence-electron chi connectivity index (χ2n) is 3.30. The number of carbonyl (C=O) groups excluding carboxylic acids is 1. The molecule has 0 aromatic rings. The van der Waals surface area contributed by atoms with Gasteiger partial charge in [0.25, 0.3) is 0 Å². The zero-order chi connectivity index (χ0) is 8.55. The van der Waals surface area contributed by atoms with E-state index in [9.17, 15) is 9.90 Å². The molecule has 66 valence electrons. The number of aliphatic carboxylic acids is 1. The van der Waals surface area contributed by atoms with Crippen molar-refractivity contribution in [3.05, 3.63) is 0 Å². The summed E-state index contributed by atoms with van der Waals surface area (Å²) >= 11 is 0. The van der Waals surface area contributed by atoms with Crippen LogP contribution in [0.5, 0.6) is 0 Å². The van der Waals surface area contributed by atoms with Gasteiger partial charge in [-0.25, -0.2) is 0 Å². The zero-order valence-electron chi connectivity index (χ0n) is 6.66. The first-order chi connectivity index (χ1) is 5.79. The normalized spacial score (nSPS) is 33.5. The average molecular weight is 168 g/mol. The van der Waals surface area contributed by atoms with Gasteiger partial charge in [-0.05, 0) is 19.3 Å². The zero-order valence-corrected chi connectivity index (χ0v) is 6.66. The number of hydrogen-bond donors (Lipinski definition) is 0. The number of carboxylic acids is 1. The maximum Gasteiger partial charge on any atom is 0.136 e. The van der Waals surface area contributed by atoms with Crippen molar-refractivity contribution < 1.29 is 14.7 Å². The van der Waals surface area contributed by atoms with Crippen molar-refractivity contribution in [2.24, 2.45) is 11.1 Å². The third-order valence-electron chi connectivity index (χ3n) is 2.55. The van der Waals surface area contributed by atoms with E-state index in [-0.39, 0.29) is 17.7 Å². The molecule has 0 amide bonds. The highest BCUT2D eigenvalue weighted by Crippen LogP contribution is 2.32. The van der Waals surface area contributed by atoms with Crippen molar-refractivity contribution in [1.82, 2.24) is 0 Å². The largest absolute Gasteiger partial charge is 0.543 e. The van der Waals surface area contributed by atoms with E-state index in [0.717, 1.165) is 25.7 Å². The SMILES string of the molecule is O=C([O-])C1=NO[C@@H]2CCCC[C@@H]12. The first-order valence-electron chi connectivity index (χ1n) is 4.24. The summed E-state index contributed by atoms with van der Waals surface area (Å²) in [4.78, 5) is 15.5. The molecule has 2 aliphatic rings. The Hall–Kier alpha value is -1.06. The van der Waals surface area contributed by atoms with Gasteiger partial charge in [0.15, 0.2) is 0 Å². The Bertz CT molecular complexity index is 236. The quantitative estimate of drug-likeness (QED) is 0.539. The molecule has 0 aromatic carbocycles. The molecule has 0 aromatic heterocycles.